The molecule has 24 heavy (non-hydrogen) atoms. The fraction of sp³-hybridized carbons (Fsp3) is 0.500. The van der Waals surface area contributed by atoms with Gasteiger partial charge in [-0.3, -0.25) is 9.58 Å². The molecule has 0 bridgehead atoms. The molecule has 6 nitrogen and oxygen atoms in total. The summed E-state index contributed by atoms with van der Waals surface area (Å²) >= 11 is 0. The molecule has 6 heteroatoms. The minimum atomic E-state index is 0.162. The summed E-state index contributed by atoms with van der Waals surface area (Å²) in [6.45, 7) is 7.51. The van der Waals surface area contributed by atoms with Gasteiger partial charge in [-0.2, -0.15) is 5.10 Å². The van der Waals surface area contributed by atoms with E-state index in [4.69, 9.17) is 14.2 Å². The molecular weight excluding hydrogens is 306 g/mol. The molecule has 0 radical (unpaired) electrons. The Morgan fingerprint density at radius 3 is 3.00 bits per heavy atom. The quantitative estimate of drug-likeness (QED) is 0.857. The monoisotopic (exact) mass is 329 g/mol. The highest BCUT2D eigenvalue weighted by molar-refractivity contribution is 5.47. The van der Waals surface area contributed by atoms with Crippen LogP contribution in [0.3, 0.4) is 0 Å². The van der Waals surface area contributed by atoms with Gasteiger partial charge in [0.05, 0.1) is 25.5 Å². The zero-order valence-corrected chi connectivity index (χ0v) is 14.0. The fourth-order valence-electron chi connectivity index (χ4n) is 3.31. The standard InChI is InChI=1S/C18H23N3O3/c1-14-9-19-21(10-14)13-16-12-20(5-6-22-16)11-15-3-2-4-17-18(15)24-8-7-23-17/h2-4,9-10,16H,5-8,11-13H2,1H3/t16-/m1/s1. The Morgan fingerprint density at radius 2 is 2.12 bits per heavy atom. The summed E-state index contributed by atoms with van der Waals surface area (Å²) < 4.78 is 19.4. The molecule has 1 atom stereocenters. The molecular formula is C18H23N3O3. The Bertz CT molecular complexity index is 701. The summed E-state index contributed by atoms with van der Waals surface area (Å²) in [5.41, 5.74) is 2.36. The van der Waals surface area contributed by atoms with Crippen molar-refractivity contribution in [1.82, 2.24) is 14.7 Å². The minimum Gasteiger partial charge on any atom is -0.486 e. The lowest BCUT2D eigenvalue weighted by Gasteiger charge is -2.33. The van der Waals surface area contributed by atoms with Gasteiger partial charge in [-0.05, 0) is 18.6 Å². The molecule has 2 aliphatic rings. The van der Waals surface area contributed by atoms with Crippen molar-refractivity contribution in [1.29, 1.82) is 0 Å². The predicted octanol–water partition coefficient (Wildman–Crippen LogP) is 1.86. The van der Waals surface area contributed by atoms with Crippen molar-refractivity contribution in [3.8, 4) is 11.5 Å². The summed E-state index contributed by atoms with van der Waals surface area (Å²) in [6.07, 6.45) is 4.10. The molecule has 0 saturated carbocycles. The molecule has 1 saturated heterocycles. The summed E-state index contributed by atoms with van der Waals surface area (Å²) in [6, 6.07) is 6.13. The van der Waals surface area contributed by atoms with E-state index in [1.165, 1.54) is 11.1 Å². The summed E-state index contributed by atoms with van der Waals surface area (Å²) in [4.78, 5) is 2.41. The number of rotatable bonds is 4. The van der Waals surface area contributed by atoms with Crippen molar-refractivity contribution in [2.75, 3.05) is 32.9 Å². The number of fused-ring (bicyclic) bond motifs is 1. The largest absolute Gasteiger partial charge is 0.486 e. The van der Waals surface area contributed by atoms with Crippen LogP contribution in [-0.2, 0) is 17.8 Å². The molecule has 1 fully saturated rings. The lowest BCUT2D eigenvalue weighted by molar-refractivity contribution is -0.0405. The van der Waals surface area contributed by atoms with Gasteiger partial charge in [0.2, 0.25) is 0 Å². The van der Waals surface area contributed by atoms with Gasteiger partial charge in [-0.15, -0.1) is 0 Å². The molecule has 1 aromatic carbocycles. The Kier molecular flexibility index (Phi) is 4.40. The van der Waals surface area contributed by atoms with Crippen molar-refractivity contribution in [2.24, 2.45) is 0 Å². The van der Waals surface area contributed by atoms with Gasteiger partial charge in [0.15, 0.2) is 11.5 Å². The number of benzene rings is 1. The molecule has 3 heterocycles. The molecule has 4 rings (SSSR count). The molecule has 2 aliphatic heterocycles. The van der Waals surface area contributed by atoms with Crippen LogP contribution in [-0.4, -0.2) is 53.7 Å². The molecule has 2 aromatic rings. The fourth-order valence-corrected chi connectivity index (χ4v) is 3.31. The molecule has 0 N–H and O–H groups in total. The summed E-state index contributed by atoms with van der Waals surface area (Å²) in [7, 11) is 0. The highest BCUT2D eigenvalue weighted by Crippen LogP contribution is 2.34. The number of aryl methyl sites for hydroxylation is 1. The number of nitrogens with zero attached hydrogens (tertiary/aromatic N) is 3. The molecule has 0 spiro atoms. The number of hydrogen-bond donors (Lipinski definition) is 0. The van der Waals surface area contributed by atoms with Crippen LogP contribution in [0, 0.1) is 6.92 Å². The normalized spacial score (nSPS) is 21.0. The third-order valence-electron chi connectivity index (χ3n) is 4.42. The second-order valence-electron chi connectivity index (χ2n) is 6.41. The van der Waals surface area contributed by atoms with Gasteiger partial charge in [-0.25, -0.2) is 0 Å². The van der Waals surface area contributed by atoms with Gasteiger partial charge in [-0.1, -0.05) is 12.1 Å². The number of para-hydroxylation sites is 1. The average molecular weight is 329 g/mol. The summed E-state index contributed by atoms with van der Waals surface area (Å²) in [5.74, 6) is 1.75. The summed E-state index contributed by atoms with van der Waals surface area (Å²) in [5, 5.41) is 4.36. The highest BCUT2D eigenvalue weighted by atomic mass is 16.6. The third kappa shape index (κ3) is 3.39. The van der Waals surface area contributed by atoms with Crippen molar-refractivity contribution in [3.05, 3.63) is 41.7 Å². The molecule has 0 amide bonds. The number of morpholine rings is 1. The number of aromatic nitrogens is 2. The SMILES string of the molecule is Cc1cnn(C[C@H]2CN(Cc3cccc4c3OCCO4)CCO2)c1. The van der Waals surface area contributed by atoms with E-state index in [2.05, 4.69) is 29.2 Å². The van der Waals surface area contributed by atoms with Crippen LogP contribution < -0.4 is 9.47 Å². The average Bonchev–Trinajstić information content (AvgIpc) is 3.00. The first-order valence-electron chi connectivity index (χ1n) is 8.48. The first-order chi connectivity index (χ1) is 11.8. The highest BCUT2D eigenvalue weighted by Gasteiger charge is 2.23. The topological polar surface area (TPSA) is 48.8 Å². The van der Waals surface area contributed by atoms with E-state index in [-0.39, 0.29) is 6.10 Å². The van der Waals surface area contributed by atoms with Gasteiger partial charge in [0.1, 0.15) is 13.2 Å². The lowest BCUT2D eigenvalue weighted by atomic mass is 10.1. The van der Waals surface area contributed by atoms with E-state index in [0.29, 0.717) is 13.2 Å². The zero-order chi connectivity index (χ0) is 16.4. The molecule has 0 unspecified atom stereocenters. The van der Waals surface area contributed by atoms with Crippen LogP contribution in [0.1, 0.15) is 11.1 Å². The Balaban J connectivity index is 1.41. The lowest BCUT2D eigenvalue weighted by Crippen LogP contribution is -2.43. The van der Waals surface area contributed by atoms with Crippen molar-refractivity contribution >= 4 is 0 Å². The van der Waals surface area contributed by atoms with Gasteiger partial charge in [0.25, 0.3) is 0 Å². The van der Waals surface area contributed by atoms with Crippen LogP contribution in [0.15, 0.2) is 30.6 Å². The third-order valence-corrected chi connectivity index (χ3v) is 4.42. The van der Waals surface area contributed by atoms with E-state index in [1.807, 2.05) is 23.0 Å². The smallest absolute Gasteiger partial charge is 0.165 e. The minimum absolute atomic E-state index is 0.162. The zero-order valence-electron chi connectivity index (χ0n) is 14.0. The maximum atomic E-state index is 5.91. The Morgan fingerprint density at radius 1 is 1.21 bits per heavy atom. The molecule has 1 aromatic heterocycles. The van der Waals surface area contributed by atoms with E-state index < -0.39 is 0 Å². The van der Waals surface area contributed by atoms with Crippen LogP contribution in [0.5, 0.6) is 11.5 Å². The maximum absolute atomic E-state index is 5.91. The van der Waals surface area contributed by atoms with Crippen LogP contribution in [0.4, 0.5) is 0 Å². The van der Waals surface area contributed by atoms with E-state index in [0.717, 1.165) is 44.3 Å². The van der Waals surface area contributed by atoms with E-state index in [9.17, 15) is 0 Å². The van der Waals surface area contributed by atoms with Crippen LogP contribution in [0.25, 0.3) is 0 Å². The van der Waals surface area contributed by atoms with Crippen molar-refractivity contribution in [3.63, 3.8) is 0 Å². The second-order valence-corrected chi connectivity index (χ2v) is 6.41. The predicted molar refractivity (Wildman–Crippen MR) is 89.4 cm³/mol. The Hall–Kier alpha value is -2.05. The van der Waals surface area contributed by atoms with Crippen LogP contribution in [0.2, 0.25) is 0 Å². The van der Waals surface area contributed by atoms with E-state index in [1.54, 1.807) is 0 Å². The second kappa shape index (κ2) is 6.83. The number of hydrogen-bond acceptors (Lipinski definition) is 5. The van der Waals surface area contributed by atoms with Gasteiger partial charge >= 0.3 is 0 Å². The van der Waals surface area contributed by atoms with Crippen molar-refractivity contribution < 1.29 is 14.2 Å². The van der Waals surface area contributed by atoms with Crippen LogP contribution >= 0.6 is 0 Å². The van der Waals surface area contributed by atoms with Gasteiger partial charge < -0.3 is 14.2 Å². The van der Waals surface area contributed by atoms with Crippen molar-refractivity contribution in [2.45, 2.75) is 26.1 Å². The first-order valence-corrected chi connectivity index (χ1v) is 8.48. The molecule has 128 valence electrons. The Labute approximate surface area is 141 Å². The van der Waals surface area contributed by atoms with E-state index >= 15 is 0 Å². The first kappa shape index (κ1) is 15.5. The molecule has 0 aliphatic carbocycles. The van der Waals surface area contributed by atoms with Gasteiger partial charge in [0, 0.05) is 31.4 Å². The number of ether oxygens (including phenoxy) is 3. The maximum Gasteiger partial charge on any atom is 0.165 e.